The first kappa shape index (κ1) is 15.4. The first-order valence-electron chi connectivity index (χ1n) is 7.27. The molecule has 6 heteroatoms. The summed E-state index contributed by atoms with van der Waals surface area (Å²) in [5.41, 5.74) is 0.585. The molecule has 1 N–H and O–H groups in total. The molecule has 1 fully saturated rings. The van der Waals surface area contributed by atoms with Gasteiger partial charge < -0.3 is 5.11 Å². The first-order valence-corrected chi connectivity index (χ1v) is 7.27. The van der Waals surface area contributed by atoms with Gasteiger partial charge in [-0.25, -0.2) is 0 Å². The second-order valence-electron chi connectivity index (χ2n) is 5.39. The van der Waals surface area contributed by atoms with Crippen molar-refractivity contribution in [2.45, 2.75) is 44.7 Å². The zero-order chi connectivity index (χ0) is 15.4. The van der Waals surface area contributed by atoms with Gasteiger partial charge in [0.25, 0.3) is 5.69 Å². The summed E-state index contributed by atoms with van der Waals surface area (Å²) in [5.74, 6) is -0.899. The third-order valence-corrected chi connectivity index (χ3v) is 4.13. The van der Waals surface area contributed by atoms with Crippen LogP contribution in [0.3, 0.4) is 0 Å². The Morgan fingerprint density at radius 3 is 2.62 bits per heavy atom. The molecule has 1 heterocycles. The predicted octanol–water partition coefficient (Wildman–Crippen LogP) is 2.99. The van der Waals surface area contributed by atoms with Gasteiger partial charge in [-0.2, -0.15) is 0 Å². The number of non-ortho nitro benzene ring substituents is 1. The summed E-state index contributed by atoms with van der Waals surface area (Å²) in [6, 6.07) is 5.38. The van der Waals surface area contributed by atoms with Crippen LogP contribution in [0.2, 0.25) is 0 Å². The topological polar surface area (TPSA) is 83.7 Å². The monoisotopic (exact) mass is 292 g/mol. The van der Waals surface area contributed by atoms with Crippen LogP contribution in [0.1, 0.15) is 44.2 Å². The molecule has 6 nitrogen and oxygen atoms in total. The molecule has 0 amide bonds. The maximum Gasteiger partial charge on any atom is 0.325 e. The van der Waals surface area contributed by atoms with Gasteiger partial charge in [-0.05, 0) is 31.4 Å². The van der Waals surface area contributed by atoms with Crippen LogP contribution in [-0.4, -0.2) is 33.5 Å². The summed E-state index contributed by atoms with van der Waals surface area (Å²) in [7, 11) is 0. The van der Waals surface area contributed by atoms with Gasteiger partial charge in [-0.1, -0.05) is 25.5 Å². The van der Waals surface area contributed by atoms with Gasteiger partial charge in [0.1, 0.15) is 6.04 Å². The van der Waals surface area contributed by atoms with Crippen molar-refractivity contribution >= 4 is 11.7 Å². The fourth-order valence-corrected chi connectivity index (χ4v) is 3.06. The minimum absolute atomic E-state index is 0.0198. The van der Waals surface area contributed by atoms with E-state index in [2.05, 4.69) is 6.92 Å². The molecule has 2 rings (SSSR count). The van der Waals surface area contributed by atoms with E-state index in [9.17, 15) is 20.0 Å². The first-order chi connectivity index (χ1) is 10.0. The Hall–Kier alpha value is -1.95. The number of hydrogen-bond donors (Lipinski definition) is 1. The van der Waals surface area contributed by atoms with E-state index in [1.54, 1.807) is 12.1 Å². The van der Waals surface area contributed by atoms with Crippen molar-refractivity contribution in [3.63, 3.8) is 0 Å². The smallest absolute Gasteiger partial charge is 0.325 e. The number of aliphatic carboxylic acids is 1. The van der Waals surface area contributed by atoms with Gasteiger partial charge >= 0.3 is 5.97 Å². The minimum atomic E-state index is -0.899. The largest absolute Gasteiger partial charge is 0.480 e. The molecule has 1 aliphatic heterocycles. The Labute approximate surface area is 123 Å². The number of likely N-dealkylation sites (tertiary alicyclic amines) is 1. The van der Waals surface area contributed by atoms with Crippen molar-refractivity contribution in [2.75, 3.05) is 6.54 Å². The number of piperidine rings is 1. The van der Waals surface area contributed by atoms with Gasteiger partial charge in [0.2, 0.25) is 0 Å². The molecule has 1 aliphatic rings. The maximum atomic E-state index is 11.7. The number of rotatable bonds is 5. The number of nitro groups is 1. The zero-order valence-corrected chi connectivity index (χ0v) is 12.1. The highest BCUT2D eigenvalue weighted by molar-refractivity contribution is 5.75. The number of carboxylic acids is 1. The van der Waals surface area contributed by atoms with Crippen LogP contribution in [0.4, 0.5) is 5.69 Å². The SMILES string of the molecule is CCC1CCCCN1C(C(=O)O)c1ccc([N+](=O)[O-])cc1. The molecular formula is C15H20N2O4. The van der Waals surface area contributed by atoms with Crippen LogP contribution in [0.25, 0.3) is 0 Å². The molecule has 1 aromatic rings. The van der Waals surface area contributed by atoms with E-state index < -0.39 is 16.9 Å². The van der Waals surface area contributed by atoms with Gasteiger partial charge in [-0.3, -0.25) is 19.8 Å². The quantitative estimate of drug-likeness (QED) is 0.666. The second-order valence-corrected chi connectivity index (χ2v) is 5.39. The van der Waals surface area contributed by atoms with Crippen molar-refractivity contribution < 1.29 is 14.8 Å². The Kier molecular flexibility index (Phi) is 4.90. The van der Waals surface area contributed by atoms with Crippen molar-refractivity contribution in [1.29, 1.82) is 0 Å². The Morgan fingerprint density at radius 2 is 2.10 bits per heavy atom. The third-order valence-electron chi connectivity index (χ3n) is 4.13. The summed E-state index contributed by atoms with van der Waals surface area (Å²) in [6.07, 6.45) is 4.04. The number of carbonyl (C=O) groups is 1. The maximum absolute atomic E-state index is 11.7. The average molecular weight is 292 g/mol. The van der Waals surface area contributed by atoms with E-state index in [0.717, 1.165) is 32.2 Å². The molecule has 1 aromatic carbocycles. The number of carboxylic acid groups (broad SMARTS) is 1. The fourth-order valence-electron chi connectivity index (χ4n) is 3.06. The fraction of sp³-hybridized carbons (Fsp3) is 0.533. The molecule has 2 unspecified atom stereocenters. The van der Waals surface area contributed by atoms with E-state index in [1.807, 2.05) is 4.90 Å². The molecule has 0 spiro atoms. The minimum Gasteiger partial charge on any atom is -0.480 e. The lowest BCUT2D eigenvalue weighted by molar-refractivity contribution is -0.384. The molecule has 1 saturated heterocycles. The molecule has 0 saturated carbocycles. The third kappa shape index (κ3) is 3.39. The summed E-state index contributed by atoms with van der Waals surface area (Å²) in [4.78, 5) is 23.9. The normalized spacial score (nSPS) is 20.9. The molecule has 114 valence electrons. The van der Waals surface area contributed by atoms with Gasteiger partial charge in [-0.15, -0.1) is 0 Å². The lowest BCUT2D eigenvalue weighted by Gasteiger charge is -2.39. The Morgan fingerprint density at radius 1 is 1.43 bits per heavy atom. The number of hydrogen-bond acceptors (Lipinski definition) is 4. The number of nitrogens with zero attached hydrogens (tertiary/aromatic N) is 2. The van der Waals surface area contributed by atoms with Crippen molar-refractivity contribution in [1.82, 2.24) is 4.90 Å². The lowest BCUT2D eigenvalue weighted by atomic mass is 9.95. The highest BCUT2D eigenvalue weighted by atomic mass is 16.6. The molecule has 2 atom stereocenters. The summed E-state index contributed by atoms with van der Waals surface area (Å²) in [5, 5.41) is 20.3. The molecule has 0 bridgehead atoms. The Balaban J connectivity index is 2.29. The molecular weight excluding hydrogens is 272 g/mol. The van der Waals surface area contributed by atoms with Crippen LogP contribution < -0.4 is 0 Å². The molecule has 0 aliphatic carbocycles. The summed E-state index contributed by atoms with van der Waals surface area (Å²) >= 11 is 0. The lowest BCUT2D eigenvalue weighted by Crippen LogP contribution is -2.44. The number of nitro benzene ring substituents is 1. The van der Waals surface area contributed by atoms with Gasteiger partial charge in [0.15, 0.2) is 0 Å². The van der Waals surface area contributed by atoms with Crippen LogP contribution in [0, 0.1) is 10.1 Å². The summed E-state index contributed by atoms with van der Waals surface area (Å²) < 4.78 is 0. The van der Waals surface area contributed by atoms with Crippen LogP contribution >= 0.6 is 0 Å². The van der Waals surface area contributed by atoms with Crippen molar-refractivity contribution in [2.24, 2.45) is 0 Å². The van der Waals surface area contributed by atoms with Crippen LogP contribution in [0.15, 0.2) is 24.3 Å². The second kappa shape index (κ2) is 6.67. The molecule has 0 radical (unpaired) electrons. The molecule has 21 heavy (non-hydrogen) atoms. The highest BCUT2D eigenvalue weighted by Crippen LogP contribution is 2.31. The zero-order valence-electron chi connectivity index (χ0n) is 12.1. The summed E-state index contributed by atoms with van der Waals surface area (Å²) in [6.45, 7) is 2.82. The van der Waals surface area contributed by atoms with Gasteiger partial charge in [0.05, 0.1) is 4.92 Å². The van der Waals surface area contributed by atoms with E-state index in [1.165, 1.54) is 12.1 Å². The van der Waals surface area contributed by atoms with Crippen LogP contribution in [-0.2, 0) is 4.79 Å². The van der Waals surface area contributed by atoms with Crippen molar-refractivity contribution in [3.05, 3.63) is 39.9 Å². The Bertz CT molecular complexity index is 515. The number of benzene rings is 1. The van der Waals surface area contributed by atoms with Crippen molar-refractivity contribution in [3.8, 4) is 0 Å². The average Bonchev–Trinajstić information content (AvgIpc) is 2.48. The van der Waals surface area contributed by atoms with Crippen LogP contribution in [0.5, 0.6) is 0 Å². The van der Waals surface area contributed by atoms with E-state index >= 15 is 0 Å². The van der Waals surface area contributed by atoms with E-state index in [4.69, 9.17) is 0 Å². The standard InChI is InChI=1S/C15H20N2O4/c1-2-12-5-3-4-10-16(12)14(15(18)19)11-6-8-13(9-7-11)17(20)21/h6-9,12,14H,2-5,10H2,1H3,(H,18,19). The highest BCUT2D eigenvalue weighted by Gasteiger charge is 2.33. The van der Waals surface area contributed by atoms with E-state index in [0.29, 0.717) is 5.56 Å². The van der Waals surface area contributed by atoms with E-state index in [-0.39, 0.29) is 11.7 Å². The molecule has 0 aromatic heterocycles. The van der Waals surface area contributed by atoms with Gasteiger partial charge in [0, 0.05) is 18.2 Å². The predicted molar refractivity (Wildman–Crippen MR) is 78.1 cm³/mol.